The van der Waals surface area contributed by atoms with E-state index in [0.717, 1.165) is 45.4 Å². The van der Waals surface area contributed by atoms with Crippen LogP contribution < -0.4 is 0 Å². The van der Waals surface area contributed by atoms with Gasteiger partial charge in [-0.15, -0.1) is 22.9 Å². The number of thiophene rings is 1. The molecule has 0 spiro atoms. The Morgan fingerprint density at radius 1 is 1.45 bits per heavy atom. The lowest BCUT2D eigenvalue weighted by molar-refractivity contribution is 0.219. The van der Waals surface area contributed by atoms with Crippen molar-refractivity contribution in [2.45, 2.75) is 44.6 Å². The molecule has 3 atom stereocenters. The van der Waals surface area contributed by atoms with E-state index >= 15 is 0 Å². The summed E-state index contributed by atoms with van der Waals surface area (Å²) in [6, 6.07) is 2.11. The second-order valence-corrected chi connectivity index (χ2v) is 9.88. The fraction of sp³-hybridized carbons (Fsp3) is 0.391. The number of nitrogens with zero attached hydrogens (tertiary/aromatic N) is 2. The van der Waals surface area contributed by atoms with Gasteiger partial charge in [-0.25, -0.2) is 4.98 Å². The number of aryl methyl sites for hydroxylation is 1. The molecule has 2 N–H and O–H groups in total. The molecule has 2 aromatic heterocycles. The van der Waals surface area contributed by atoms with Crippen LogP contribution in [-0.2, 0) is 6.42 Å². The molecule has 0 amide bonds. The molecule has 0 aromatic carbocycles. The Balaban J connectivity index is 1.77. The first-order chi connectivity index (χ1) is 13.9. The number of dihydropyridines is 1. The van der Waals surface area contributed by atoms with E-state index < -0.39 is 6.10 Å². The number of aliphatic imine (C=N–C) groups is 1. The second-order valence-electron chi connectivity index (χ2n) is 7.97. The minimum Gasteiger partial charge on any atom is -0.384 e. The van der Waals surface area contributed by atoms with E-state index in [9.17, 15) is 5.11 Å². The van der Waals surface area contributed by atoms with Crippen LogP contribution in [0, 0.1) is 5.92 Å². The monoisotopic (exact) mass is 427 g/mol. The van der Waals surface area contributed by atoms with Crippen molar-refractivity contribution in [3.05, 3.63) is 58.3 Å². The predicted octanol–water partition coefficient (Wildman–Crippen LogP) is 5.72. The van der Waals surface area contributed by atoms with Crippen molar-refractivity contribution >= 4 is 34.7 Å². The highest BCUT2D eigenvalue weighted by molar-refractivity contribution is 7.16. The zero-order chi connectivity index (χ0) is 20.6. The summed E-state index contributed by atoms with van der Waals surface area (Å²) in [6.45, 7) is 7.06. The Kier molecular flexibility index (Phi) is 5.65. The molecule has 0 radical (unpaired) electrons. The van der Waals surface area contributed by atoms with E-state index in [4.69, 9.17) is 11.6 Å². The predicted molar refractivity (Wildman–Crippen MR) is 123 cm³/mol. The number of alkyl halides is 1. The van der Waals surface area contributed by atoms with Crippen LogP contribution in [0.3, 0.4) is 0 Å². The molecule has 1 aliphatic carbocycles. The van der Waals surface area contributed by atoms with Crippen molar-refractivity contribution in [2.75, 3.05) is 6.54 Å². The lowest BCUT2D eigenvalue weighted by Crippen LogP contribution is -2.15. The lowest BCUT2D eigenvalue weighted by Gasteiger charge is -2.23. The van der Waals surface area contributed by atoms with Crippen molar-refractivity contribution in [1.29, 1.82) is 0 Å². The highest BCUT2D eigenvalue weighted by Crippen LogP contribution is 2.43. The number of allylic oxidation sites excluding steroid dienone is 3. The zero-order valence-corrected chi connectivity index (χ0v) is 18.5. The highest BCUT2D eigenvalue weighted by Gasteiger charge is 2.27. The first-order valence-corrected chi connectivity index (χ1v) is 11.2. The number of aromatic nitrogens is 2. The maximum atomic E-state index is 11.3. The van der Waals surface area contributed by atoms with Gasteiger partial charge in [0.05, 0.1) is 9.75 Å². The molecule has 1 aliphatic heterocycles. The van der Waals surface area contributed by atoms with Gasteiger partial charge >= 0.3 is 0 Å². The minimum absolute atomic E-state index is 0.352. The van der Waals surface area contributed by atoms with Gasteiger partial charge in [-0.05, 0) is 43.1 Å². The van der Waals surface area contributed by atoms with Crippen LogP contribution in [0.15, 0.2) is 47.1 Å². The van der Waals surface area contributed by atoms with E-state index in [2.05, 4.69) is 41.0 Å². The Bertz CT molecular complexity index is 1020. The molecule has 6 heteroatoms. The quantitative estimate of drug-likeness (QED) is 0.599. The largest absolute Gasteiger partial charge is 0.384 e. The van der Waals surface area contributed by atoms with Gasteiger partial charge in [-0.2, -0.15) is 0 Å². The van der Waals surface area contributed by atoms with Crippen LogP contribution in [0.2, 0.25) is 0 Å². The van der Waals surface area contributed by atoms with Crippen molar-refractivity contribution in [3.63, 3.8) is 0 Å². The number of aliphatic hydroxyl groups excluding tert-OH is 1. The third-order valence-electron chi connectivity index (χ3n) is 5.51. The van der Waals surface area contributed by atoms with E-state index in [0.29, 0.717) is 12.3 Å². The Morgan fingerprint density at radius 2 is 2.28 bits per heavy atom. The molecule has 4 rings (SSSR count). The van der Waals surface area contributed by atoms with E-state index in [1.165, 1.54) is 5.57 Å². The van der Waals surface area contributed by atoms with Crippen LogP contribution >= 0.6 is 22.9 Å². The molecule has 2 aliphatic rings. The molecule has 152 valence electrons. The van der Waals surface area contributed by atoms with Crippen LogP contribution in [0.5, 0.6) is 0 Å². The molecule has 2 aromatic rings. The molecule has 0 saturated carbocycles. The number of halogens is 1. The molecular weight excluding hydrogens is 402 g/mol. The van der Waals surface area contributed by atoms with Crippen LogP contribution in [0.4, 0.5) is 0 Å². The van der Waals surface area contributed by atoms with Gasteiger partial charge in [0.1, 0.15) is 11.9 Å². The maximum absolute atomic E-state index is 11.3. The summed E-state index contributed by atoms with van der Waals surface area (Å²) in [7, 11) is 0. The number of nitrogens with one attached hydrogen (secondary N) is 1. The Labute approximate surface area is 180 Å². The van der Waals surface area contributed by atoms with Crippen molar-refractivity contribution in [2.24, 2.45) is 10.9 Å². The molecule has 3 unspecified atom stereocenters. The topological polar surface area (TPSA) is 61.3 Å². The summed E-state index contributed by atoms with van der Waals surface area (Å²) in [4.78, 5) is 14.1. The molecule has 0 bridgehead atoms. The number of rotatable bonds is 5. The average Bonchev–Trinajstić information content (AvgIpc) is 3.35. The summed E-state index contributed by atoms with van der Waals surface area (Å²) in [5.74, 6) is 1.16. The first kappa shape index (κ1) is 20.3. The van der Waals surface area contributed by atoms with Gasteiger partial charge in [0.25, 0.3) is 0 Å². The first-order valence-electron chi connectivity index (χ1n) is 10.0. The van der Waals surface area contributed by atoms with Crippen LogP contribution in [-0.4, -0.2) is 32.7 Å². The molecule has 4 nitrogen and oxygen atoms in total. The normalized spacial score (nSPS) is 25.1. The Hall–Kier alpha value is -1.95. The SMILES string of the molecule is CCc1cnc(-c2sc(C3=CC=NCC3C)cc2C(O)C2=CCC(C)(Cl)C=C2)[nH]1. The van der Waals surface area contributed by atoms with Crippen LogP contribution in [0.25, 0.3) is 16.3 Å². The maximum Gasteiger partial charge on any atom is 0.148 e. The fourth-order valence-corrected chi connectivity index (χ4v) is 5.06. The van der Waals surface area contributed by atoms with Crippen LogP contribution in [0.1, 0.15) is 49.4 Å². The number of imidazole rings is 1. The zero-order valence-electron chi connectivity index (χ0n) is 16.9. The molecule has 29 heavy (non-hydrogen) atoms. The summed E-state index contributed by atoms with van der Waals surface area (Å²) < 4.78 is 0. The van der Waals surface area contributed by atoms with E-state index in [1.807, 2.05) is 37.6 Å². The van der Waals surface area contributed by atoms with Crippen molar-refractivity contribution < 1.29 is 5.11 Å². The fourth-order valence-electron chi connectivity index (χ4n) is 3.64. The number of aliphatic hydroxyl groups is 1. The smallest absolute Gasteiger partial charge is 0.148 e. The summed E-state index contributed by atoms with van der Waals surface area (Å²) in [5, 5.41) is 11.3. The van der Waals surface area contributed by atoms with Crippen molar-refractivity contribution in [1.82, 2.24) is 9.97 Å². The average molecular weight is 428 g/mol. The summed E-state index contributed by atoms with van der Waals surface area (Å²) in [6.07, 6.45) is 12.6. The van der Waals surface area contributed by atoms with Gasteiger partial charge in [0, 0.05) is 41.0 Å². The van der Waals surface area contributed by atoms with Gasteiger partial charge < -0.3 is 10.1 Å². The van der Waals surface area contributed by atoms with E-state index in [-0.39, 0.29) is 4.87 Å². The minimum atomic E-state index is -0.720. The van der Waals surface area contributed by atoms with Crippen molar-refractivity contribution in [3.8, 4) is 10.7 Å². The van der Waals surface area contributed by atoms with Gasteiger partial charge in [0.15, 0.2) is 0 Å². The standard InChI is InChI=1S/C23H26ClN3OS/c1-4-16-13-26-22(27-16)21-18(20(28)15-5-8-23(3,24)9-6-15)11-19(29-21)17-7-10-25-12-14(17)2/h5-8,10-11,13-14,20,28H,4,9,12H2,1-3H3,(H,26,27). The van der Waals surface area contributed by atoms with Gasteiger partial charge in [-0.1, -0.05) is 32.1 Å². The molecule has 3 heterocycles. The summed E-state index contributed by atoms with van der Waals surface area (Å²) >= 11 is 8.09. The lowest BCUT2D eigenvalue weighted by atomic mass is 9.91. The van der Waals surface area contributed by atoms with E-state index in [1.54, 1.807) is 11.3 Å². The highest BCUT2D eigenvalue weighted by atomic mass is 35.5. The van der Waals surface area contributed by atoms with Gasteiger partial charge in [-0.3, -0.25) is 4.99 Å². The number of H-pyrrole nitrogens is 1. The summed E-state index contributed by atoms with van der Waals surface area (Å²) in [5.41, 5.74) is 4.10. The third-order valence-corrected chi connectivity index (χ3v) is 7.00. The number of hydrogen-bond acceptors (Lipinski definition) is 4. The number of aromatic amines is 1. The second kappa shape index (κ2) is 8.05. The molecule has 0 fully saturated rings. The third kappa shape index (κ3) is 4.18. The number of hydrogen-bond donors (Lipinski definition) is 2. The van der Waals surface area contributed by atoms with Gasteiger partial charge in [0.2, 0.25) is 0 Å². The molecular formula is C23H26ClN3OS. The molecule has 0 saturated heterocycles. The Morgan fingerprint density at radius 3 is 2.93 bits per heavy atom.